The van der Waals surface area contributed by atoms with Gasteiger partial charge in [0, 0.05) is 69.3 Å². The summed E-state index contributed by atoms with van der Waals surface area (Å²) in [6, 6.07) is 5.51. The Morgan fingerprint density at radius 1 is 1.27 bits per heavy atom. The Hall–Kier alpha value is -3.89. The largest absolute Gasteiger partial charge is 0.493 e. The molecule has 1 saturated heterocycles. The van der Waals surface area contributed by atoms with Crippen LogP contribution in [0.2, 0.25) is 5.02 Å². The fourth-order valence-electron chi connectivity index (χ4n) is 4.81. The molecule has 11 heteroatoms. The maximum absolute atomic E-state index is 13.5. The molecule has 3 heterocycles. The molecule has 212 valence electrons. The highest BCUT2D eigenvalue weighted by Crippen LogP contribution is 2.38. The standard InChI is InChI=1S/C29H36ClN7O3/c1-5-22(28-32-13-7-14-35(28)4)29(39)33-24-19-37(21-10-15-36(16-11-21)17-12-26(38)31-3)34-27(24)23-18-20(30)8-9-25(23)40-6-2/h5,7-9,13-14,18-19,21H,1,6,10-12,15-17H2,2-4H3,(H,31,38)(H,33,39). The van der Waals surface area contributed by atoms with Gasteiger partial charge in [-0.1, -0.05) is 24.3 Å². The summed E-state index contributed by atoms with van der Waals surface area (Å²) in [6.45, 7) is 8.66. The number of nitrogens with one attached hydrogen (secondary N) is 2. The molecule has 2 amide bonds. The quantitative estimate of drug-likeness (QED) is 0.418. The molecule has 1 aromatic carbocycles. The molecule has 40 heavy (non-hydrogen) atoms. The number of piperidine rings is 1. The van der Waals surface area contributed by atoms with Crippen molar-refractivity contribution in [2.75, 3.05) is 45.7 Å². The first kappa shape index (κ1) is 29.1. The van der Waals surface area contributed by atoms with Crippen molar-refractivity contribution < 1.29 is 14.3 Å². The normalized spacial score (nSPS) is 17.1. The van der Waals surface area contributed by atoms with Gasteiger partial charge in [0.25, 0.3) is 5.91 Å². The van der Waals surface area contributed by atoms with Crippen molar-refractivity contribution in [2.24, 2.45) is 4.99 Å². The SMILES string of the molecule is C=CC(C(=O)Nc1cn(C2CCN(CCC(=O)NC)CC2)nc1-c1cc(Cl)ccc1OCC)=C1N=CC=CN1C. The van der Waals surface area contributed by atoms with Crippen molar-refractivity contribution in [3.8, 4) is 17.0 Å². The Labute approximate surface area is 240 Å². The Morgan fingerprint density at radius 2 is 2.05 bits per heavy atom. The van der Waals surface area contributed by atoms with Gasteiger partial charge in [-0.15, -0.1) is 0 Å². The molecule has 4 rings (SSSR count). The molecule has 2 aliphatic rings. The van der Waals surface area contributed by atoms with Crippen LogP contribution in [-0.4, -0.2) is 77.9 Å². The number of aromatic nitrogens is 2. The van der Waals surface area contributed by atoms with Gasteiger partial charge in [0.05, 0.1) is 23.9 Å². The zero-order valence-electron chi connectivity index (χ0n) is 23.2. The first-order valence-electron chi connectivity index (χ1n) is 13.4. The highest BCUT2D eigenvalue weighted by atomic mass is 35.5. The van der Waals surface area contributed by atoms with E-state index in [4.69, 9.17) is 21.4 Å². The summed E-state index contributed by atoms with van der Waals surface area (Å²) in [6.07, 6.45) is 10.8. The van der Waals surface area contributed by atoms with E-state index in [2.05, 4.69) is 27.1 Å². The van der Waals surface area contributed by atoms with Gasteiger partial charge in [-0.05, 0) is 44.0 Å². The third-order valence-electron chi connectivity index (χ3n) is 6.96. The number of amides is 2. The van der Waals surface area contributed by atoms with Crippen molar-refractivity contribution >= 4 is 35.3 Å². The van der Waals surface area contributed by atoms with Crippen molar-refractivity contribution in [1.82, 2.24) is 24.9 Å². The summed E-state index contributed by atoms with van der Waals surface area (Å²) in [7, 11) is 3.48. The van der Waals surface area contributed by atoms with E-state index in [0.29, 0.717) is 52.1 Å². The van der Waals surface area contributed by atoms with Crippen LogP contribution in [0.15, 0.2) is 65.7 Å². The molecule has 0 bridgehead atoms. The predicted octanol–water partition coefficient (Wildman–Crippen LogP) is 4.24. The molecule has 1 aromatic heterocycles. The Bertz CT molecular complexity index is 1340. The van der Waals surface area contributed by atoms with E-state index in [9.17, 15) is 9.59 Å². The molecule has 1 fully saturated rings. The van der Waals surface area contributed by atoms with Crippen molar-refractivity contribution in [3.63, 3.8) is 0 Å². The number of ether oxygens (including phenoxy) is 1. The molecular formula is C29H36ClN7O3. The zero-order chi connectivity index (χ0) is 28.6. The molecule has 0 unspecified atom stereocenters. The Balaban J connectivity index is 1.65. The van der Waals surface area contributed by atoms with Gasteiger partial charge in [0.15, 0.2) is 0 Å². The predicted molar refractivity (Wildman–Crippen MR) is 158 cm³/mol. The first-order valence-corrected chi connectivity index (χ1v) is 13.8. The molecule has 0 atom stereocenters. The zero-order valence-corrected chi connectivity index (χ0v) is 23.9. The number of hydrogen-bond acceptors (Lipinski definition) is 7. The topological polar surface area (TPSA) is 104 Å². The van der Waals surface area contributed by atoms with Gasteiger partial charge in [-0.3, -0.25) is 14.3 Å². The molecule has 2 aliphatic heterocycles. The lowest BCUT2D eigenvalue weighted by molar-refractivity contribution is -0.121. The second-order valence-electron chi connectivity index (χ2n) is 9.57. The van der Waals surface area contributed by atoms with Crippen LogP contribution in [0.5, 0.6) is 5.75 Å². The number of halogens is 1. The first-order chi connectivity index (χ1) is 19.3. The molecule has 0 radical (unpaired) electrons. The highest BCUT2D eigenvalue weighted by Gasteiger charge is 2.26. The number of likely N-dealkylation sites (tertiary alicyclic amines) is 1. The summed E-state index contributed by atoms with van der Waals surface area (Å²) in [4.78, 5) is 33.6. The van der Waals surface area contributed by atoms with Gasteiger partial charge in [-0.25, -0.2) is 4.99 Å². The maximum Gasteiger partial charge on any atom is 0.259 e. The number of rotatable bonds is 10. The van der Waals surface area contributed by atoms with Crippen LogP contribution in [0.25, 0.3) is 11.3 Å². The summed E-state index contributed by atoms with van der Waals surface area (Å²) in [5.41, 5.74) is 2.13. The lowest BCUT2D eigenvalue weighted by Crippen LogP contribution is -2.37. The van der Waals surface area contributed by atoms with Crippen LogP contribution in [0, 0.1) is 0 Å². The number of carbonyl (C=O) groups excluding carboxylic acids is 2. The lowest BCUT2D eigenvalue weighted by Gasteiger charge is -2.31. The van der Waals surface area contributed by atoms with Gasteiger partial charge < -0.3 is 25.2 Å². The van der Waals surface area contributed by atoms with Gasteiger partial charge in [0.2, 0.25) is 5.91 Å². The van der Waals surface area contributed by atoms with E-state index in [0.717, 1.165) is 32.5 Å². The second-order valence-corrected chi connectivity index (χ2v) is 10.0. The van der Waals surface area contributed by atoms with E-state index in [1.165, 1.54) is 6.08 Å². The van der Waals surface area contributed by atoms with E-state index in [1.807, 2.05) is 37.1 Å². The number of allylic oxidation sites excluding steroid dienone is 1. The van der Waals surface area contributed by atoms with Crippen LogP contribution in [-0.2, 0) is 9.59 Å². The smallest absolute Gasteiger partial charge is 0.259 e. The van der Waals surface area contributed by atoms with Crippen LogP contribution < -0.4 is 15.4 Å². The van der Waals surface area contributed by atoms with Gasteiger partial charge in [-0.2, -0.15) is 5.10 Å². The number of nitrogens with zero attached hydrogens (tertiary/aromatic N) is 5. The third kappa shape index (κ3) is 6.81. The van der Waals surface area contributed by atoms with E-state index in [1.54, 1.807) is 36.4 Å². The number of hydrogen-bond donors (Lipinski definition) is 2. The average Bonchev–Trinajstić information content (AvgIpc) is 3.37. The molecule has 0 saturated carbocycles. The molecule has 0 spiro atoms. The van der Waals surface area contributed by atoms with Crippen LogP contribution in [0.3, 0.4) is 0 Å². The monoisotopic (exact) mass is 565 g/mol. The summed E-state index contributed by atoms with van der Waals surface area (Å²) < 4.78 is 7.81. The van der Waals surface area contributed by atoms with Crippen LogP contribution in [0.4, 0.5) is 5.69 Å². The maximum atomic E-state index is 13.5. The van der Waals surface area contributed by atoms with Crippen LogP contribution in [0.1, 0.15) is 32.2 Å². The Morgan fingerprint density at radius 3 is 2.73 bits per heavy atom. The van der Waals surface area contributed by atoms with Crippen LogP contribution >= 0.6 is 11.6 Å². The summed E-state index contributed by atoms with van der Waals surface area (Å²) >= 11 is 6.39. The fourth-order valence-corrected chi connectivity index (χ4v) is 4.98. The fraction of sp³-hybridized carbons (Fsp3) is 0.379. The summed E-state index contributed by atoms with van der Waals surface area (Å²) in [5, 5.41) is 11.2. The average molecular weight is 566 g/mol. The minimum Gasteiger partial charge on any atom is -0.493 e. The second kappa shape index (κ2) is 13.5. The molecular weight excluding hydrogens is 530 g/mol. The molecule has 2 N–H and O–H groups in total. The minimum atomic E-state index is -0.353. The highest BCUT2D eigenvalue weighted by molar-refractivity contribution is 6.31. The lowest BCUT2D eigenvalue weighted by atomic mass is 10.1. The minimum absolute atomic E-state index is 0.0424. The third-order valence-corrected chi connectivity index (χ3v) is 7.19. The number of aliphatic imine (C=N–C) groups is 1. The summed E-state index contributed by atoms with van der Waals surface area (Å²) in [5.74, 6) is 0.807. The van der Waals surface area contributed by atoms with Gasteiger partial charge >= 0.3 is 0 Å². The van der Waals surface area contributed by atoms with E-state index < -0.39 is 0 Å². The number of anilines is 1. The Kier molecular flexibility index (Phi) is 9.79. The number of carbonyl (C=O) groups is 2. The molecule has 2 aromatic rings. The van der Waals surface area contributed by atoms with Crippen molar-refractivity contribution in [2.45, 2.75) is 32.2 Å². The number of benzene rings is 1. The molecule has 10 nitrogen and oxygen atoms in total. The van der Waals surface area contributed by atoms with E-state index >= 15 is 0 Å². The van der Waals surface area contributed by atoms with Gasteiger partial charge in [0.1, 0.15) is 17.3 Å². The van der Waals surface area contributed by atoms with Crippen molar-refractivity contribution in [3.05, 3.63) is 65.7 Å². The molecule has 0 aliphatic carbocycles. The van der Waals surface area contributed by atoms with E-state index in [-0.39, 0.29) is 17.9 Å². The van der Waals surface area contributed by atoms with Crippen molar-refractivity contribution in [1.29, 1.82) is 0 Å².